The molecule has 5 rings (SSSR count). The average molecular weight is 514 g/mol. The summed E-state index contributed by atoms with van der Waals surface area (Å²) in [5.41, 5.74) is 2.68. The Kier molecular flexibility index (Phi) is 7.06. The Balaban J connectivity index is 1.31. The van der Waals surface area contributed by atoms with E-state index in [1.165, 1.54) is 47.4 Å². The summed E-state index contributed by atoms with van der Waals surface area (Å²) in [6.45, 7) is 0. The summed E-state index contributed by atoms with van der Waals surface area (Å²) in [5, 5.41) is 5.83. The third-order valence-corrected chi connectivity index (χ3v) is 7.56. The van der Waals surface area contributed by atoms with Crippen LogP contribution in [-0.2, 0) is 4.79 Å². The van der Waals surface area contributed by atoms with Crippen LogP contribution in [0.4, 0.5) is 15.2 Å². The average Bonchev–Trinajstić information content (AvgIpc) is 3.31. The van der Waals surface area contributed by atoms with Crippen LogP contribution >= 0.6 is 23.1 Å². The fourth-order valence-corrected chi connectivity index (χ4v) is 5.45. The lowest BCUT2D eigenvalue weighted by atomic mass is 10.1. The van der Waals surface area contributed by atoms with Crippen LogP contribution in [0.2, 0.25) is 0 Å². The number of fused-ring (bicyclic) bond motifs is 1. The Morgan fingerprint density at radius 2 is 1.50 bits per heavy atom. The maximum absolute atomic E-state index is 13.3. The van der Waals surface area contributed by atoms with Crippen molar-refractivity contribution in [2.24, 2.45) is 0 Å². The number of para-hydroxylation sites is 1. The molecule has 2 N–H and O–H groups in total. The number of anilines is 2. The highest BCUT2D eigenvalue weighted by Crippen LogP contribution is 2.37. The number of amides is 2. The van der Waals surface area contributed by atoms with Crippen LogP contribution in [0.1, 0.15) is 21.2 Å². The molecule has 0 radical (unpaired) electrons. The lowest BCUT2D eigenvalue weighted by Crippen LogP contribution is -2.18. The Hall–Kier alpha value is -4.01. The Bertz CT molecular complexity index is 1470. The number of benzene rings is 4. The van der Waals surface area contributed by atoms with Crippen molar-refractivity contribution in [2.45, 2.75) is 10.1 Å². The van der Waals surface area contributed by atoms with Crippen molar-refractivity contribution >= 4 is 55.9 Å². The number of rotatable bonds is 7. The largest absolute Gasteiger partial charge is 0.322 e. The van der Waals surface area contributed by atoms with E-state index in [4.69, 9.17) is 0 Å². The van der Waals surface area contributed by atoms with Crippen LogP contribution in [0, 0.1) is 5.82 Å². The number of carbonyl (C=O) groups excluding carboxylic acids is 2. The van der Waals surface area contributed by atoms with Gasteiger partial charge in [0.15, 0.2) is 5.13 Å². The molecule has 0 aliphatic carbocycles. The summed E-state index contributed by atoms with van der Waals surface area (Å²) in [7, 11) is 0. The summed E-state index contributed by atoms with van der Waals surface area (Å²) in [6.07, 6.45) is 0. The van der Waals surface area contributed by atoms with E-state index in [0.717, 1.165) is 20.7 Å². The normalized spacial score (nSPS) is 11.7. The van der Waals surface area contributed by atoms with Crippen molar-refractivity contribution in [1.82, 2.24) is 4.98 Å². The lowest BCUT2D eigenvalue weighted by molar-refractivity contribution is -0.115. The van der Waals surface area contributed by atoms with Gasteiger partial charge in [0.25, 0.3) is 5.91 Å². The second kappa shape index (κ2) is 10.7. The second-order valence-corrected chi connectivity index (χ2v) is 10.1. The number of carbonyl (C=O) groups is 2. The molecule has 1 atom stereocenters. The van der Waals surface area contributed by atoms with Gasteiger partial charge in [0, 0.05) is 16.1 Å². The molecule has 5 nitrogen and oxygen atoms in total. The first-order valence-electron chi connectivity index (χ1n) is 11.1. The quantitative estimate of drug-likeness (QED) is 0.227. The maximum atomic E-state index is 13.3. The fraction of sp³-hybridized carbons (Fsp3) is 0.0357. The van der Waals surface area contributed by atoms with E-state index in [0.29, 0.717) is 16.4 Å². The number of thiazole rings is 1. The number of halogens is 1. The van der Waals surface area contributed by atoms with Gasteiger partial charge in [0.1, 0.15) is 11.1 Å². The molecule has 178 valence electrons. The number of hydrogen-bond acceptors (Lipinski definition) is 5. The van der Waals surface area contributed by atoms with Gasteiger partial charge in [-0.3, -0.25) is 9.59 Å². The molecule has 2 amide bonds. The van der Waals surface area contributed by atoms with Crippen molar-refractivity contribution < 1.29 is 14.0 Å². The van der Waals surface area contributed by atoms with Gasteiger partial charge in [-0.1, -0.05) is 53.8 Å². The molecule has 1 heterocycles. The minimum absolute atomic E-state index is 0.168. The molecule has 0 fully saturated rings. The van der Waals surface area contributed by atoms with Gasteiger partial charge >= 0.3 is 0 Å². The third-order valence-electron chi connectivity index (χ3n) is 5.34. The van der Waals surface area contributed by atoms with Crippen LogP contribution < -0.4 is 10.6 Å². The molecule has 4 aromatic carbocycles. The summed E-state index contributed by atoms with van der Waals surface area (Å²) in [5.74, 6) is -0.889. The molecule has 8 heteroatoms. The zero-order chi connectivity index (χ0) is 24.9. The van der Waals surface area contributed by atoms with Gasteiger partial charge < -0.3 is 10.6 Å². The van der Waals surface area contributed by atoms with E-state index in [2.05, 4.69) is 15.6 Å². The number of hydrogen-bond donors (Lipinski definition) is 2. The van der Waals surface area contributed by atoms with Crippen LogP contribution in [0.5, 0.6) is 0 Å². The summed E-state index contributed by atoms with van der Waals surface area (Å²) in [6, 6.07) is 29.9. The summed E-state index contributed by atoms with van der Waals surface area (Å²) in [4.78, 5) is 31.1. The molecule has 0 bridgehead atoms. The molecule has 0 saturated carbocycles. The Morgan fingerprint density at radius 3 is 2.22 bits per heavy atom. The molecule has 0 aliphatic heterocycles. The minimum atomic E-state index is -0.502. The molecule has 5 aromatic rings. The fourth-order valence-electron chi connectivity index (χ4n) is 3.55. The zero-order valence-corrected chi connectivity index (χ0v) is 20.5. The van der Waals surface area contributed by atoms with Crippen LogP contribution in [0.3, 0.4) is 0 Å². The van der Waals surface area contributed by atoms with Crippen molar-refractivity contribution in [2.75, 3.05) is 10.6 Å². The SMILES string of the molecule is O=C(Nc1ccc(SC(C(=O)Nc2nc3ccccc3s2)c2ccccc2)cc1)c1ccc(F)cc1. The van der Waals surface area contributed by atoms with Crippen LogP contribution in [-0.4, -0.2) is 16.8 Å². The Labute approximate surface area is 215 Å². The van der Waals surface area contributed by atoms with Gasteiger partial charge in [0.2, 0.25) is 5.91 Å². The van der Waals surface area contributed by atoms with Crippen LogP contribution in [0.25, 0.3) is 10.2 Å². The molecule has 0 saturated heterocycles. The van der Waals surface area contributed by atoms with Gasteiger partial charge in [0.05, 0.1) is 10.2 Å². The predicted molar refractivity (Wildman–Crippen MR) is 144 cm³/mol. The minimum Gasteiger partial charge on any atom is -0.322 e. The standard InChI is InChI=1S/C28H20FN3O2S2/c29-20-12-10-19(11-13-20)26(33)30-21-14-16-22(17-15-21)35-25(18-6-2-1-3-7-18)27(34)32-28-31-23-8-4-5-9-24(23)36-28/h1-17,25H,(H,30,33)(H,31,32,34). The molecule has 36 heavy (non-hydrogen) atoms. The molecule has 0 spiro atoms. The topological polar surface area (TPSA) is 71.1 Å². The van der Waals surface area contributed by atoms with Gasteiger partial charge in [-0.05, 0) is 66.2 Å². The highest BCUT2D eigenvalue weighted by atomic mass is 32.2. The summed E-state index contributed by atoms with van der Waals surface area (Å²) >= 11 is 2.85. The number of aromatic nitrogens is 1. The number of nitrogens with one attached hydrogen (secondary N) is 2. The molecular weight excluding hydrogens is 493 g/mol. The third kappa shape index (κ3) is 5.62. The first-order chi connectivity index (χ1) is 17.5. The zero-order valence-electron chi connectivity index (χ0n) is 18.9. The van der Waals surface area contributed by atoms with Crippen LogP contribution in [0.15, 0.2) is 108 Å². The van der Waals surface area contributed by atoms with Crippen molar-refractivity contribution in [3.05, 3.63) is 120 Å². The number of thioether (sulfide) groups is 1. The highest BCUT2D eigenvalue weighted by Gasteiger charge is 2.23. The lowest BCUT2D eigenvalue weighted by Gasteiger charge is -2.16. The smallest absolute Gasteiger partial charge is 0.255 e. The summed E-state index contributed by atoms with van der Waals surface area (Å²) < 4.78 is 14.1. The maximum Gasteiger partial charge on any atom is 0.255 e. The van der Waals surface area contributed by atoms with E-state index in [1.54, 1.807) is 12.1 Å². The van der Waals surface area contributed by atoms with Crippen molar-refractivity contribution in [3.63, 3.8) is 0 Å². The van der Waals surface area contributed by atoms with E-state index < -0.39 is 11.1 Å². The number of nitrogens with zero attached hydrogens (tertiary/aromatic N) is 1. The van der Waals surface area contributed by atoms with Crippen molar-refractivity contribution in [1.29, 1.82) is 0 Å². The van der Waals surface area contributed by atoms with E-state index >= 15 is 0 Å². The molecule has 0 aliphatic rings. The first kappa shape index (κ1) is 23.7. The molecule has 1 aromatic heterocycles. The Morgan fingerprint density at radius 1 is 0.806 bits per heavy atom. The van der Waals surface area contributed by atoms with Crippen molar-refractivity contribution in [3.8, 4) is 0 Å². The van der Waals surface area contributed by atoms with Gasteiger partial charge in [-0.15, -0.1) is 11.8 Å². The predicted octanol–water partition coefficient (Wildman–Crippen LogP) is 7.16. The molecule has 1 unspecified atom stereocenters. The molecular formula is C28H20FN3O2S2. The van der Waals surface area contributed by atoms with E-state index in [1.807, 2.05) is 66.7 Å². The van der Waals surface area contributed by atoms with E-state index in [-0.39, 0.29) is 11.8 Å². The van der Waals surface area contributed by atoms with Gasteiger partial charge in [-0.2, -0.15) is 0 Å². The van der Waals surface area contributed by atoms with E-state index in [9.17, 15) is 14.0 Å². The highest BCUT2D eigenvalue weighted by molar-refractivity contribution is 8.00. The monoisotopic (exact) mass is 513 g/mol. The van der Waals surface area contributed by atoms with Gasteiger partial charge in [-0.25, -0.2) is 9.37 Å². The second-order valence-electron chi connectivity index (χ2n) is 7.87. The first-order valence-corrected chi connectivity index (χ1v) is 12.8.